The minimum absolute atomic E-state index is 0.0107. The number of benzene rings is 1. The van der Waals surface area contributed by atoms with Crippen LogP contribution in [0, 0.1) is 0 Å². The zero-order valence-corrected chi connectivity index (χ0v) is 9.63. The molecule has 1 amide bonds. The van der Waals surface area contributed by atoms with Crippen LogP contribution in [0.2, 0.25) is 0 Å². The number of amides is 1. The van der Waals surface area contributed by atoms with E-state index >= 15 is 0 Å². The van der Waals surface area contributed by atoms with E-state index in [0.29, 0.717) is 32.0 Å². The topological polar surface area (TPSA) is 55.6 Å². The summed E-state index contributed by atoms with van der Waals surface area (Å²) in [5.74, 6) is 0.0107. The van der Waals surface area contributed by atoms with Crippen molar-refractivity contribution >= 4 is 17.7 Å². The van der Waals surface area contributed by atoms with E-state index in [4.69, 9.17) is 10.5 Å². The van der Waals surface area contributed by atoms with Crippen LogP contribution >= 0.6 is 0 Å². The molecule has 0 unspecified atom stereocenters. The van der Waals surface area contributed by atoms with Crippen LogP contribution in [0.25, 0.3) is 6.08 Å². The van der Waals surface area contributed by atoms with Crippen LogP contribution in [0.1, 0.15) is 5.56 Å². The lowest BCUT2D eigenvalue weighted by molar-refractivity contribution is -0.129. The summed E-state index contributed by atoms with van der Waals surface area (Å²) in [7, 11) is 0. The van der Waals surface area contributed by atoms with E-state index < -0.39 is 0 Å². The third-order valence-electron chi connectivity index (χ3n) is 2.72. The normalized spacial score (nSPS) is 16.4. The quantitative estimate of drug-likeness (QED) is 0.614. The van der Waals surface area contributed by atoms with Crippen LogP contribution in [0.15, 0.2) is 30.3 Å². The van der Waals surface area contributed by atoms with E-state index in [-0.39, 0.29) is 5.91 Å². The maximum atomic E-state index is 11.8. The molecule has 2 rings (SSSR count). The van der Waals surface area contributed by atoms with Crippen LogP contribution in [-0.4, -0.2) is 37.1 Å². The van der Waals surface area contributed by atoms with Crippen molar-refractivity contribution in [2.45, 2.75) is 0 Å². The Morgan fingerprint density at radius 3 is 2.71 bits per heavy atom. The number of nitrogens with two attached hydrogens (primary N) is 1. The summed E-state index contributed by atoms with van der Waals surface area (Å²) in [6.45, 7) is 2.56. The van der Waals surface area contributed by atoms with E-state index in [2.05, 4.69) is 0 Å². The van der Waals surface area contributed by atoms with Crippen molar-refractivity contribution in [1.82, 2.24) is 4.90 Å². The van der Waals surface area contributed by atoms with Gasteiger partial charge in [0, 0.05) is 24.9 Å². The molecule has 0 aliphatic carbocycles. The average Bonchev–Trinajstić information content (AvgIpc) is 2.38. The lowest BCUT2D eigenvalue weighted by Crippen LogP contribution is -2.39. The van der Waals surface area contributed by atoms with Crippen molar-refractivity contribution in [2.75, 3.05) is 32.0 Å². The molecule has 4 heteroatoms. The number of ether oxygens (including phenoxy) is 1. The number of para-hydroxylation sites is 1. The van der Waals surface area contributed by atoms with Gasteiger partial charge in [0.1, 0.15) is 0 Å². The fourth-order valence-corrected chi connectivity index (χ4v) is 1.71. The molecular weight excluding hydrogens is 216 g/mol. The van der Waals surface area contributed by atoms with Crippen LogP contribution in [-0.2, 0) is 9.53 Å². The number of morpholine rings is 1. The van der Waals surface area contributed by atoms with Crippen molar-refractivity contribution in [2.24, 2.45) is 0 Å². The Labute approximate surface area is 101 Å². The standard InChI is InChI=1S/C13H16N2O2/c14-12-4-2-1-3-11(12)5-6-13(16)15-7-9-17-10-8-15/h1-6H,7-10,14H2/b6-5+. The van der Waals surface area contributed by atoms with Crippen molar-refractivity contribution in [3.63, 3.8) is 0 Å². The smallest absolute Gasteiger partial charge is 0.246 e. The summed E-state index contributed by atoms with van der Waals surface area (Å²) >= 11 is 0. The van der Waals surface area contributed by atoms with Gasteiger partial charge in [-0.05, 0) is 17.7 Å². The SMILES string of the molecule is Nc1ccccc1/C=C/C(=O)N1CCOCC1. The lowest BCUT2D eigenvalue weighted by atomic mass is 10.1. The minimum atomic E-state index is 0.0107. The molecule has 1 aromatic rings. The second kappa shape index (κ2) is 5.50. The van der Waals surface area contributed by atoms with Gasteiger partial charge < -0.3 is 15.4 Å². The highest BCUT2D eigenvalue weighted by atomic mass is 16.5. The molecule has 4 nitrogen and oxygen atoms in total. The highest BCUT2D eigenvalue weighted by molar-refractivity contribution is 5.92. The Bertz CT molecular complexity index is 423. The van der Waals surface area contributed by atoms with Crippen molar-refractivity contribution in [3.05, 3.63) is 35.9 Å². The second-order valence-corrected chi connectivity index (χ2v) is 3.90. The predicted octanol–water partition coefficient (Wildman–Crippen LogP) is 1.14. The maximum absolute atomic E-state index is 11.8. The van der Waals surface area contributed by atoms with Gasteiger partial charge in [0.15, 0.2) is 0 Å². The van der Waals surface area contributed by atoms with Gasteiger partial charge in [-0.25, -0.2) is 0 Å². The van der Waals surface area contributed by atoms with Gasteiger partial charge in [0.25, 0.3) is 0 Å². The Morgan fingerprint density at radius 1 is 1.29 bits per heavy atom. The molecule has 0 radical (unpaired) electrons. The lowest BCUT2D eigenvalue weighted by Gasteiger charge is -2.25. The fourth-order valence-electron chi connectivity index (χ4n) is 1.71. The van der Waals surface area contributed by atoms with Gasteiger partial charge in [-0.15, -0.1) is 0 Å². The third-order valence-corrected chi connectivity index (χ3v) is 2.72. The third kappa shape index (κ3) is 3.07. The highest BCUT2D eigenvalue weighted by Gasteiger charge is 2.13. The first-order valence-electron chi connectivity index (χ1n) is 5.66. The van der Waals surface area contributed by atoms with Gasteiger partial charge in [-0.1, -0.05) is 18.2 Å². The van der Waals surface area contributed by atoms with Gasteiger partial charge in [-0.2, -0.15) is 0 Å². The molecule has 0 spiro atoms. The van der Waals surface area contributed by atoms with Crippen molar-refractivity contribution < 1.29 is 9.53 Å². The molecule has 0 saturated carbocycles. The predicted molar refractivity (Wildman–Crippen MR) is 67.3 cm³/mol. The monoisotopic (exact) mass is 232 g/mol. The largest absolute Gasteiger partial charge is 0.398 e. The maximum Gasteiger partial charge on any atom is 0.246 e. The van der Waals surface area contributed by atoms with E-state index in [1.165, 1.54) is 0 Å². The van der Waals surface area contributed by atoms with E-state index in [9.17, 15) is 4.79 Å². The number of nitrogen functional groups attached to an aromatic ring is 1. The number of carbonyl (C=O) groups is 1. The first kappa shape index (κ1) is 11.7. The summed E-state index contributed by atoms with van der Waals surface area (Å²) in [5, 5.41) is 0. The molecule has 1 aliphatic heterocycles. The van der Waals surface area contributed by atoms with Crippen LogP contribution in [0.5, 0.6) is 0 Å². The number of nitrogens with zero attached hydrogens (tertiary/aromatic N) is 1. The summed E-state index contributed by atoms with van der Waals surface area (Å²) in [5.41, 5.74) is 7.34. The Hall–Kier alpha value is -1.81. The summed E-state index contributed by atoms with van der Waals surface area (Å²) in [6.07, 6.45) is 3.32. The first-order chi connectivity index (χ1) is 8.27. The molecule has 1 fully saturated rings. The number of carbonyl (C=O) groups excluding carboxylic acids is 1. The zero-order chi connectivity index (χ0) is 12.1. The van der Waals surface area contributed by atoms with Gasteiger partial charge in [0.05, 0.1) is 13.2 Å². The van der Waals surface area contributed by atoms with E-state index in [1.807, 2.05) is 24.3 Å². The molecule has 0 bridgehead atoms. The fraction of sp³-hybridized carbons (Fsp3) is 0.308. The number of anilines is 1. The minimum Gasteiger partial charge on any atom is -0.398 e. The highest BCUT2D eigenvalue weighted by Crippen LogP contribution is 2.12. The van der Waals surface area contributed by atoms with Gasteiger partial charge in [-0.3, -0.25) is 4.79 Å². The first-order valence-corrected chi connectivity index (χ1v) is 5.66. The van der Waals surface area contributed by atoms with Gasteiger partial charge in [0.2, 0.25) is 5.91 Å². The Morgan fingerprint density at radius 2 is 2.00 bits per heavy atom. The molecule has 1 heterocycles. The molecule has 1 aromatic carbocycles. The number of rotatable bonds is 2. The summed E-state index contributed by atoms with van der Waals surface area (Å²) in [6, 6.07) is 7.48. The summed E-state index contributed by atoms with van der Waals surface area (Å²) < 4.78 is 5.19. The molecule has 0 aromatic heterocycles. The van der Waals surface area contributed by atoms with E-state index in [1.54, 1.807) is 17.1 Å². The second-order valence-electron chi connectivity index (χ2n) is 3.90. The summed E-state index contributed by atoms with van der Waals surface area (Å²) in [4.78, 5) is 13.6. The Kier molecular flexibility index (Phi) is 3.77. The van der Waals surface area contributed by atoms with E-state index in [0.717, 1.165) is 5.56 Å². The van der Waals surface area contributed by atoms with Crippen LogP contribution in [0.4, 0.5) is 5.69 Å². The van der Waals surface area contributed by atoms with Crippen molar-refractivity contribution in [1.29, 1.82) is 0 Å². The number of hydrogen-bond donors (Lipinski definition) is 1. The molecule has 1 aliphatic rings. The zero-order valence-electron chi connectivity index (χ0n) is 9.63. The van der Waals surface area contributed by atoms with Gasteiger partial charge >= 0.3 is 0 Å². The Balaban J connectivity index is 2.00. The van der Waals surface area contributed by atoms with Crippen molar-refractivity contribution in [3.8, 4) is 0 Å². The molecular formula is C13H16N2O2. The average molecular weight is 232 g/mol. The molecule has 90 valence electrons. The molecule has 17 heavy (non-hydrogen) atoms. The van der Waals surface area contributed by atoms with Crippen LogP contribution in [0.3, 0.4) is 0 Å². The molecule has 0 atom stereocenters. The number of hydrogen-bond acceptors (Lipinski definition) is 3. The molecule has 2 N–H and O–H groups in total. The molecule has 1 saturated heterocycles. The van der Waals surface area contributed by atoms with Crippen LogP contribution < -0.4 is 5.73 Å².